The standard InChI is InChI=1S/C10H16N6/c1-4-11-10(8-5-13-15(2)7-8)9-6-12-14-16(9)3/h5-7,10-11H,4H2,1-3H3. The molecule has 0 aliphatic carbocycles. The van der Waals surface area contributed by atoms with Crippen LogP contribution in [0.4, 0.5) is 0 Å². The Morgan fingerprint density at radius 1 is 1.38 bits per heavy atom. The Hall–Kier alpha value is -1.69. The summed E-state index contributed by atoms with van der Waals surface area (Å²) in [5, 5.41) is 15.4. The Kier molecular flexibility index (Phi) is 3.00. The Morgan fingerprint density at radius 3 is 2.69 bits per heavy atom. The van der Waals surface area contributed by atoms with Gasteiger partial charge in [0.1, 0.15) is 0 Å². The monoisotopic (exact) mass is 220 g/mol. The molecule has 2 rings (SSSR count). The van der Waals surface area contributed by atoms with Gasteiger partial charge in [0.05, 0.1) is 24.1 Å². The van der Waals surface area contributed by atoms with Gasteiger partial charge in [-0.05, 0) is 6.54 Å². The van der Waals surface area contributed by atoms with Gasteiger partial charge in [0, 0.05) is 25.9 Å². The van der Waals surface area contributed by atoms with E-state index in [2.05, 4.69) is 27.7 Å². The number of aromatic nitrogens is 5. The molecule has 0 spiro atoms. The quantitative estimate of drug-likeness (QED) is 0.802. The highest BCUT2D eigenvalue weighted by molar-refractivity contribution is 5.21. The van der Waals surface area contributed by atoms with E-state index in [1.54, 1.807) is 15.6 Å². The summed E-state index contributed by atoms with van der Waals surface area (Å²) in [5.41, 5.74) is 2.16. The highest BCUT2D eigenvalue weighted by Gasteiger charge is 2.18. The predicted molar refractivity (Wildman–Crippen MR) is 59.7 cm³/mol. The summed E-state index contributed by atoms with van der Waals surface area (Å²) in [4.78, 5) is 0. The molecule has 0 fully saturated rings. The number of hydrogen-bond acceptors (Lipinski definition) is 4. The van der Waals surface area contributed by atoms with E-state index in [9.17, 15) is 0 Å². The Labute approximate surface area is 94.3 Å². The zero-order chi connectivity index (χ0) is 11.5. The molecule has 0 aliphatic heterocycles. The molecule has 1 unspecified atom stereocenters. The van der Waals surface area contributed by atoms with Crippen LogP contribution in [0.3, 0.4) is 0 Å². The van der Waals surface area contributed by atoms with Crippen molar-refractivity contribution in [1.82, 2.24) is 30.1 Å². The van der Waals surface area contributed by atoms with Gasteiger partial charge in [0.2, 0.25) is 0 Å². The second kappa shape index (κ2) is 4.44. The minimum absolute atomic E-state index is 0.0960. The summed E-state index contributed by atoms with van der Waals surface area (Å²) >= 11 is 0. The van der Waals surface area contributed by atoms with Gasteiger partial charge in [0.15, 0.2) is 0 Å². The molecule has 0 saturated heterocycles. The van der Waals surface area contributed by atoms with E-state index in [-0.39, 0.29) is 6.04 Å². The van der Waals surface area contributed by atoms with Gasteiger partial charge in [-0.15, -0.1) is 5.10 Å². The van der Waals surface area contributed by atoms with Crippen molar-refractivity contribution >= 4 is 0 Å². The molecule has 6 heteroatoms. The van der Waals surface area contributed by atoms with Crippen LogP contribution < -0.4 is 5.32 Å². The molecule has 1 atom stereocenters. The molecule has 0 amide bonds. The van der Waals surface area contributed by atoms with Gasteiger partial charge in [-0.2, -0.15) is 5.10 Å². The molecule has 16 heavy (non-hydrogen) atoms. The van der Waals surface area contributed by atoms with Gasteiger partial charge in [-0.1, -0.05) is 12.1 Å². The normalized spacial score (nSPS) is 12.9. The maximum absolute atomic E-state index is 4.19. The van der Waals surface area contributed by atoms with Crippen LogP contribution in [0.25, 0.3) is 0 Å². The maximum atomic E-state index is 4.19. The van der Waals surface area contributed by atoms with Crippen molar-refractivity contribution in [3.8, 4) is 0 Å². The lowest BCUT2D eigenvalue weighted by molar-refractivity contribution is 0.568. The molecule has 2 aromatic rings. The Bertz CT molecular complexity index is 457. The van der Waals surface area contributed by atoms with Crippen molar-refractivity contribution in [2.24, 2.45) is 14.1 Å². The molecule has 6 nitrogen and oxygen atoms in total. The van der Waals surface area contributed by atoms with Gasteiger partial charge in [0.25, 0.3) is 0 Å². The number of hydrogen-bond donors (Lipinski definition) is 1. The SMILES string of the molecule is CCNC(c1cnn(C)c1)c1cnnn1C. The van der Waals surface area contributed by atoms with E-state index >= 15 is 0 Å². The zero-order valence-electron chi connectivity index (χ0n) is 9.75. The largest absolute Gasteiger partial charge is 0.305 e. The van der Waals surface area contributed by atoms with Crippen molar-refractivity contribution < 1.29 is 0 Å². The summed E-state index contributed by atoms with van der Waals surface area (Å²) < 4.78 is 3.57. The fourth-order valence-electron chi connectivity index (χ4n) is 1.75. The van der Waals surface area contributed by atoms with Gasteiger partial charge in [-0.3, -0.25) is 9.36 Å². The first-order valence-corrected chi connectivity index (χ1v) is 5.29. The third-order valence-electron chi connectivity index (χ3n) is 2.51. The van der Waals surface area contributed by atoms with Gasteiger partial charge >= 0.3 is 0 Å². The molecule has 0 aromatic carbocycles. The first-order valence-electron chi connectivity index (χ1n) is 5.29. The molecule has 0 bridgehead atoms. The highest BCUT2D eigenvalue weighted by Crippen LogP contribution is 2.19. The van der Waals surface area contributed by atoms with Crippen LogP contribution in [-0.4, -0.2) is 31.3 Å². The predicted octanol–water partition coefficient (Wildman–Crippen LogP) is 0.247. The Morgan fingerprint density at radius 2 is 2.19 bits per heavy atom. The third-order valence-corrected chi connectivity index (χ3v) is 2.51. The fourth-order valence-corrected chi connectivity index (χ4v) is 1.75. The average molecular weight is 220 g/mol. The lowest BCUT2D eigenvalue weighted by Crippen LogP contribution is -2.23. The van der Waals surface area contributed by atoms with Crippen LogP contribution in [0, 0.1) is 0 Å². The summed E-state index contributed by atoms with van der Waals surface area (Å²) in [6.45, 7) is 2.96. The zero-order valence-corrected chi connectivity index (χ0v) is 9.75. The first kappa shape index (κ1) is 10.8. The summed E-state index contributed by atoms with van der Waals surface area (Å²) in [6, 6.07) is 0.0960. The van der Waals surface area contributed by atoms with Crippen LogP contribution in [-0.2, 0) is 14.1 Å². The van der Waals surface area contributed by atoms with Crippen molar-refractivity contribution in [3.05, 3.63) is 29.8 Å². The minimum Gasteiger partial charge on any atom is -0.305 e. The lowest BCUT2D eigenvalue weighted by atomic mass is 10.1. The molecule has 86 valence electrons. The fraction of sp³-hybridized carbons (Fsp3) is 0.500. The molecule has 2 heterocycles. The van der Waals surface area contributed by atoms with E-state index in [4.69, 9.17) is 0 Å². The van der Waals surface area contributed by atoms with Crippen molar-refractivity contribution in [3.63, 3.8) is 0 Å². The maximum Gasteiger partial charge on any atom is 0.0799 e. The van der Waals surface area contributed by atoms with Crippen LogP contribution in [0.15, 0.2) is 18.6 Å². The number of rotatable bonds is 4. The first-order chi connectivity index (χ1) is 7.72. The van der Waals surface area contributed by atoms with Crippen molar-refractivity contribution in [2.45, 2.75) is 13.0 Å². The molecule has 0 radical (unpaired) electrons. The second-order valence-corrected chi connectivity index (χ2v) is 3.72. The minimum atomic E-state index is 0.0960. The highest BCUT2D eigenvalue weighted by atomic mass is 15.4. The van der Waals surface area contributed by atoms with Gasteiger partial charge < -0.3 is 5.32 Å². The van der Waals surface area contributed by atoms with E-state index < -0.39 is 0 Å². The van der Waals surface area contributed by atoms with E-state index in [1.807, 2.05) is 26.5 Å². The molecule has 1 N–H and O–H groups in total. The molecule has 0 saturated carbocycles. The average Bonchev–Trinajstić information content (AvgIpc) is 2.84. The molecular weight excluding hydrogens is 204 g/mol. The summed E-state index contributed by atoms with van der Waals surface area (Å²) in [7, 11) is 3.80. The number of nitrogens with zero attached hydrogens (tertiary/aromatic N) is 5. The summed E-state index contributed by atoms with van der Waals surface area (Å²) in [5.74, 6) is 0. The van der Waals surface area contributed by atoms with Crippen LogP contribution in [0.5, 0.6) is 0 Å². The topological polar surface area (TPSA) is 60.6 Å². The van der Waals surface area contributed by atoms with Crippen LogP contribution >= 0.6 is 0 Å². The molecule has 2 aromatic heterocycles. The Balaban J connectivity index is 2.34. The van der Waals surface area contributed by atoms with Crippen LogP contribution in [0.1, 0.15) is 24.2 Å². The summed E-state index contributed by atoms with van der Waals surface area (Å²) in [6.07, 6.45) is 5.64. The second-order valence-electron chi connectivity index (χ2n) is 3.72. The smallest absolute Gasteiger partial charge is 0.0799 e. The van der Waals surface area contributed by atoms with Gasteiger partial charge in [-0.25, -0.2) is 0 Å². The van der Waals surface area contributed by atoms with E-state index in [1.165, 1.54) is 0 Å². The molecule has 0 aliphatic rings. The van der Waals surface area contributed by atoms with E-state index in [0.29, 0.717) is 0 Å². The van der Waals surface area contributed by atoms with Crippen LogP contribution in [0.2, 0.25) is 0 Å². The number of aryl methyl sites for hydroxylation is 2. The van der Waals surface area contributed by atoms with Crippen molar-refractivity contribution in [2.75, 3.05) is 6.54 Å². The lowest BCUT2D eigenvalue weighted by Gasteiger charge is -2.15. The number of nitrogens with one attached hydrogen (secondary N) is 1. The molecular formula is C10H16N6. The van der Waals surface area contributed by atoms with E-state index in [0.717, 1.165) is 17.8 Å². The van der Waals surface area contributed by atoms with Crippen molar-refractivity contribution in [1.29, 1.82) is 0 Å². The third kappa shape index (κ3) is 1.96.